The van der Waals surface area contributed by atoms with E-state index in [1.165, 1.54) is 11.4 Å². The number of hydrogen-bond donors (Lipinski definition) is 2. The number of aromatic nitrogens is 4. The van der Waals surface area contributed by atoms with Crippen molar-refractivity contribution in [3.63, 3.8) is 0 Å². The van der Waals surface area contributed by atoms with Crippen LogP contribution in [0.2, 0.25) is 0 Å². The van der Waals surface area contributed by atoms with Crippen molar-refractivity contribution in [2.75, 3.05) is 62.0 Å². The summed E-state index contributed by atoms with van der Waals surface area (Å²) in [6.07, 6.45) is 4.89. The zero-order valence-electron chi connectivity index (χ0n) is 20.8. The van der Waals surface area contributed by atoms with Crippen LogP contribution in [-0.2, 0) is 21.4 Å². The van der Waals surface area contributed by atoms with Crippen molar-refractivity contribution < 1.29 is 13.2 Å². The molecule has 3 N–H and O–H groups in total. The second-order valence-electron chi connectivity index (χ2n) is 8.57. The molecule has 2 aromatic heterocycles. The smallest absolute Gasteiger partial charge is 0.279 e. The maximum Gasteiger partial charge on any atom is 0.279 e. The quantitative estimate of drug-likeness (QED) is 0.595. The van der Waals surface area contributed by atoms with Crippen LogP contribution < -0.4 is 20.3 Å². The second-order valence-corrected chi connectivity index (χ2v) is 10.4. The lowest BCUT2D eigenvalue weighted by molar-refractivity contribution is 0.0981. The van der Waals surface area contributed by atoms with Crippen LogP contribution in [0.15, 0.2) is 12.4 Å². The highest BCUT2D eigenvalue weighted by molar-refractivity contribution is 7.87. The zero-order chi connectivity index (χ0) is 25.2. The Balaban J connectivity index is 0.00000141. The average molecular weight is 506 g/mol. The van der Waals surface area contributed by atoms with Gasteiger partial charge in [0.15, 0.2) is 0 Å². The first-order chi connectivity index (χ1) is 16.9. The van der Waals surface area contributed by atoms with Crippen LogP contribution in [0.1, 0.15) is 32.8 Å². The number of nitrogen functional groups attached to an aromatic ring is 1. The molecule has 0 saturated carbocycles. The summed E-state index contributed by atoms with van der Waals surface area (Å²) in [5, 5.41) is 0. The van der Waals surface area contributed by atoms with E-state index in [0.717, 1.165) is 42.0 Å². The molecule has 35 heavy (non-hydrogen) atoms. The molecule has 0 amide bonds. The van der Waals surface area contributed by atoms with Gasteiger partial charge in [0.05, 0.1) is 24.9 Å². The average Bonchev–Trinajstić information content (AvgIpc) is 3.53. The summed E-state index contributed by atoms with van der Waals surface area (Å²) in [6.45, 7) is 9.70. The van der Waals surface area contributed by atoms with E-state index >= 15 is 0 Å². The van der Waals surface area contributed by atoms with Gasteiger partial charge in [0.25, 0.3) is 10.2 Å². The molecule has 0 spiro atoms. The van der Waals surface area contributed by atoms with Gasteiger partial charge in [0.1, 0.15) is 5.82 Å². The highest BCUT2D eigenvalue weighted by Gasteiger charge is 2.38. The second kappa shape index (κ2) is 10.6. The molecule has 2 fully saturated rings. The molecule has 2 aromatic rings. The molecule has 0 aliphatic carbocycles. The standard InChI is InChI=1S/C20H29N9O3S.C2H6/c1-13-12-32-8-7-28(13)20-25-17(14-9-23-19(21)24-10-14)16-4-6-29(18(16)26-20)15-3-5-27(11-15)33(30,31)22-2;1-2/h9-10,13,15,22H,3-8,11-12H2,1-2H3,(H2,21,23,24);1-2H3/t13-,15+;/m0./s1. The Hall–Kier alpha value is -2.61. The maximum absolute atomic E-state index is 12.3. The van der Waals surface area contributed by atoms with Crippen molar-refractivity contribution in [3.05, 3.63) is 18.0 Å². The van der Waals surface area contributed by atoms with Crippen LogP contribution in [0.3, 0.4) is 0 Å². The molecule has 5 heterocycles. The largest absolute Gasteiger partial charge is 0.377 e. The Labute approximate surface area is 207 Å². The molecule has 0 unspecified atom stereocenters. The summed E-state index contributed by atoms with van der Waals surface area (Å²) >= 11 is 0. The summed E-state index contributed by atoms with van der Waals surface area (Å²) in [6, 6.07) is 0.194. The minimum atomic E-state index is -3.45. The summed E-state index contributed by atoms with van der Waals surface area (Å²) in [7, 11) is -2.01. The van der Waals surface area contributed by atoms with Gasteiger partial charge in [-0.3, -0.25) is 0 Å². The molecule has 3 aliphatic rings. The number of fused-ring (bicyclic) bond motifs is 1. The van der Waals surface area contributed by atoms with Crippen LogP contribution in [-0.4, -0.2) is 91.2 Å². The van der Waals surface area contributed by atoms with Crippen LogP contribution in [0.5, 0.6) is 0 Å². The van der Waals surface area contributed by atoms with Gasteiger partial charge < -0.3 is 20.3 Å². The molecule has 13 heteroatoms. The monoisotopic (exact) mass is 505 g/mol. The third kappa shape index (κ3) is 5.03. The fraction of sp³-hybridized carbons (Fsp3) is 0.636. The summed E-state index contributed by atoms with van der Waals surface area (Å²) < 4.78 is 34.1. The maximum atomic E-state index is 12.3. The predicted molar refractivity (Wildman–Crippen MR) is 135 cm³/mol. The van der Waals surface area contributed by atoms with E-state index in [1.54, 1.807) is 12.4 Å². The SMILES string of the molecule is CC.CNS(=O)(=O)N1CC[C@@H](N2CCc3c(-c4cnc(N)nc4)nc(N4CCOC[C@@H]4C)nc32)C1. The van der Waals surface area contributed by atoms with Gasteiger partial charge in [-0.1, -0.05) is 13.8 Å². The predicted octanol–water partition coefficient (Wildman–Crippen LogP) is 0.668. The molecular formula is C22H35N9O3S. The van der Waals surface area contributed by atoms with E-state index < -0.39 is 10.2 Å². The highest BCUT2D eigenvalue weighted by Crippen LogP contribution is 2.38. The lowest BCUT2D eigenvalue weighted by Crippen LogP contribution is -2.45. The van der Waals surface area contributed by atoms with E-state index in [1.807, 2.05) is 13.8 Å². The number of nitrogens with zero attached hydrogens (tertiary/aromatic N) is 7. The molecule has 192 valence electrons. The molecule has 0 aromatic carbocycles. The first kappa shape index (κ1) is 25.5. The number of morpholine rings is 1. The molecule has 12 nitrogen and oxygen atoms in total. The van der Waals surface area contributed by atoms with Gasteiger partial charge in [0, 0.05) is 62.8 Å². The van der Waals surface area contributed by atoms with E-state index in [-0.39, 0.29) is 18.0 Å². The van der Waals surface area contributed by atoms with Gasteiger partial charge in [-0.05, 0) is 19.8 Å². The Kier molecular flexibility index (Phi) is 7.69. The minimum absolute atomic E-state index is 0.0507. The molecule has 5 rings (SSSR count). The van der Waals surface area contributed by atoms with E-state index in [0.29, 0.717) is 38.8 Å². The fourth-order valence-corrected chi connectivity index (χ4v) is 5.76. The first-order valence-electron chi connectivity index (χ1n) is 12.2. The lowest BCUT2D eigenvalue weighted by atomic mass is 10.1. The molecule has 0 bridgehead atoms. The lowest BCUT2D eigenvalue weighted by Gasteiger charge is -2.34. The van der Waals surface area contributed by atoms with Crippen molar-refractivity contribution in [2.45, 2.75) is 45.7 Å². The summed E-state index contributed by atoms with van der Waals surface area (Å²) in [5.74, 6) is 1.71. The molecule has 2 atom stereocenters. The van der Waals surface area contributed by atoms with E-state index in [2.05, 4.69) is 31.4 Å². The van der Waals surface area contributed by atoms with Crippen molar-refractivity contribution in [1.29, 1.82) is 0 Å². The summed E-state index contributed by atoms with van der Waals surface area (Å²) in [4.78, 5) is 22.7. The van der Waals surface area contributed by atoms with Crippen molar-refractivity contribution in [3.8, 4) is 11.3 Å². The summed E-state index contributed by atoms with van der Waals surface area (Å²) in [5.41, 5.74) is 8.32. The van der Waals surface area contributed by atoms with Crippen molar-refractivity contribution in [1.82, 2.24) is 29.0 Å². The molecular weight excluding hydrogens is 470 g/mol. The Bertz CT molecular complexity index is 1130. The van der Waals surface area contributed by atoms with Crippen LogP contribution >= 0.6 is 0 Å². The number of nitrogens with two attached hydrogens (primary N) is 1. The van der Waals surface area contributed by atoms with E-state index in [9.17, 15) is 8.42 Å². The van der Waals surface area contributed by atoms with Gasteiger partial charge in [-0.25, -0.2) is 19.7 Å². The third-order valence-corrected chi connectivity index (χ3v) is 8.11. The number of hydrogen-bond acceptors (Lipinski definition) is 10. The van der Waals surface area contributed by atoms with Gasteiger partial charge in [0.2, 0.25) is 11.9 Å². The number of rotatable bonds is 5. The van der Waals surface area contributed by atoms with Crippen LogP contribution in [0.25, 0.3) is 11.3 Å². The number of anilines is 3. The third-order valence-electron chi connectivity index (χ3n) is 6.58. The highest BCUT2D eigenvalue weighted by atomic mass is 32.2. The Morgan fingerprint density at radius 1 is 1.11 bits per heavy atom. The van der Waals surface area contributed by atoms with E-state index in [4.69, 9.17) is 20.4 Å². The molecule has 0 radical (unpaired) electrons. The van der Waals surface area contributed by atoms with Crippen molar-refractivity contribution in [2.24, 2.45) is 0 Å². The Morgan fingerprint density at radius 2 is 1.86 bits per heavy atom. The Morgan fingerprint density at radius 3 is 2.54 bits per heavy atom. The van der Waals surface area contributed by atoms with Gasteiger partial charge in [-0.15, -0.1) is 0 Å². The topological polar surface area (TPSA) is 143 Å². The van der Waals surface area contributed by atoms with Gasteiger partial charge in [-0.2, -0.15) is 17.7 Å². The minimum Gasteiger partial charge on any atom is -0.377 e. The van der Waals surface area contributed by atoms with Crippen molar-refractivity contribution >= 4 is 27.9 Å². The zero-order valence-corrected chi connectivity index (χ0v) is 21.6. The fourth-order valence-electron chi connectivity index (χ4n) is 4.79. The van der Waals surface area contributed by atoms with Crippen LogP contribution in [0, 0.1) is 0 Å². The normalized spacial score (nSPS) is 22.6. The van der Waals surface area contributed by atoms with Gasteiger partial charge >= 0.3 is 0 Å². The molecule has 2 saturated heterocycles. The molecule has 3 aliphatic heterocycles. The first-order valence-corrected chi connectivity index (χ1v) is 13.6. The number of nitrogens with one attached hydrogen (secondary N) is 1. The van der Waals surface area contributed by atoms with Crippen LogP contribution in [0.4, 0.5) is 17.7 Å². The number of ether oxygens (including phenoxy) is 1.